The van der Waals surface area contributed by atoms with Gasteiger partial charge in [-0.1, -0.05) is 40.0 Å². The van der Waals surface area contributed by atoms with Crippen molar-refractivity contribution < 1.29 is 8.85 Å². The van der Waals surface area contributed by atoms with Crippen molar-refractivity contribution in [2.24, 2.45) is 11.3 Å². The van der Waals surface area contributed by atoms with Crippen molar-refractivity contribution >= 4 is 8.56 Å². The first-order chi connectivity index (χ1) is 9.43. The van der Waals surface area contributed by atoms with Crippen molar-refractivity contribution in [2.75, 3.05) is 14.2 Å². The lowest BCUT2D eigenvalue weighted by atomic mass is 9.77. The first-order valence-electron chi connectivity index (χ1n) is 8.54. The van der Waals surface area contributed by atoms with E-state index in [1.165, 1.54) is 51.4 Å². The zero-order chi connectivity index (χ0) is 14.8. The fraction of sp³-hybridized carbons (Fsp3) is 1.00. The maximum absolute atomic E-state index is 6.21. The van der Waals surface area contributed by atoms with E-state index in [0.29, 0.717) is 16.5 Å². The monoisotopic (exact) mass is 298 g/mol. The molecule has 0 amide bonds. The van der Waals surface area contributed by atoms with Crippen LogP contribution in [0.2, 0.25) is 11.1 Å². The largest absolute Gasteiger partial charge is 0.397 e. The maximum atomic E-state index is 6.21. The number of hydrogen-bond acceptors (Lipinski definition) is 2. The van der Waals surface area contributed by atoms with Crippen molar-refractivity contribution in [3.05, 3.63) is 0 Å². The Kier molecular flexibility index (Phi) is 5.36. The summed E-state index contributed by atoms with van der Waals surface area (Å²) in [5.74, 6) is 0.898. The number of hydrogen-bond donors (Lipinski definition) is 0. The van der Waals surface area contributed by atoms with Crippen LogP contribution in [-0.2, 0) is 8.85 Å². The van der Waals surface area contributed by atoms with Gasteiger partial charge in [0.25, 0.3) is 0 Å². The van der Waals surface area contributed by atoms with E-state index in [0.717, 1.165) is 5.92 Å². The first kappa shape index (κ1) is 16.5. The van der Waals surface area contributed by atoms with E-state index < -0.39 is 8.56 Å². The Hall–Kier alpha value is 0.137. The van der Waals surface area contributed by atoms with Crippen molar-refractivity contribution in [2.45, 2.75) is 83.2 Å². The molecule has 2 aliphatic rings. The molecule has 1 unspecified atom stereocenters. The molecule has 0 spiro atoms. The quantitative estimate of drug-likeness (QED) is 0.658. The second-order valence-corrected chi connectivity index (χ2v) is 11.9. The summed E-state index contributed by atoms with van der Waals surface area (Å²) in [6.45, 7) is 7.24. The summed E-state index contributed by atoms with van der Waals surface area (Å²) in [6.07, 6.45) is 10.7. The molecule has 1 atom stereocenters. The molecule has 0 N–H and O–H groups in total. The molecule has 3 heteroatoms. The third kappa shape index (κ3) is 3.31. The third-order valence-electron chi connectivity index (χ3n) is 6.00. The lowest BCUT2D eigenvalue weighted by molar-refractivity contribution is 0.158. The highest BCUT2D eigenvalue weighted by atomic mass is 28.4. The molecule has 2 fully saturated rings. The highest BCUT2D eigenvalue weighted by Crippen LogP contribution is 2.53. The van der Waals surface area contributed by atoms with E-state index in [2.05, 4.69) is 20.8 Å². The fourth-order valence-electron chi connectivity index (χ4n) is 4.79. The molecule has 2 saturated carbocycles. The average Bonchev–Trinajstić information content (AvgIpc) is 2.42. The van der Waals surface area contributed by atoms with Crippen LogP contribution in [0, 0.1) is 11.3 Å². The SMILES string of the molecule is CO[Si](OC)(C1CCC(C)CC1)C1CCCC(C)(C)C1. The molecule has 0 radical (unpaired) electrons. The molecule has 20 heavy (non-hydrogen) atoms. The molecular weight excluding hydrogens is 264 g/mol. The minimum Gasteiger partial charge on any atom is -0.397 e. The summed E-state index contributed by atoms with van der Waals surface area (Å²) in [6, 6.07) is 0. The highest BCUT2D eigenvalue weighted by molar-refractivity contribution is 6.70. The molecule has 0 aromatic rings. The van der Waals surface area contributed by atoms with Gasteiger partial charge < -0.3 is 8.85 Å². The lowest BCUT2D eigenvalue weighted by Gasteiger charge is -2.47. The van der Waals surface area contributed by atoms with Gasteiger partial charge in [-0.15, -0.1) is 0 Å². The van der Waals surface area contributed by atoms with Crippen LogP contribution in [0.3, 0.4) is 0 Å². The molecule has 0 heterocycles. The Morgan fingerprint density at radius 2 is 1.50 bits per heavy atom. The molecule has 2 nitrogen and oxygen atoms in total. The highest BCUT2D eigenvalue weighted by Gasteiger charge is 2.53. The normalized spacial score (nSPS) is 35.0. The average molecular weight is 299 g/mol. The van der Waals surface area contributed by atoms with Gasteiger partial charge in [-0.05, 0) is 43.4 Å². The zero-order valence-corrected chi connectivity index (χ0v) is 15.2. The van der Waals surface area contributed by atoms with Crippen LogP contribution in [0.1, 0.15) is 72.1 Å². The standard InChI is InChI=1S/C17H34O2Si/c1-14-8-10-15(11-9-14)20(18-4,19-5)16-7-6-12-17(2,3)13-16/h14-16H,6-13H2,1-5H3. The smallest absolute Gasteiger partial charge is 0.344 e. The Balaban J connectivity index is 2.15. The van der Waals surface area contributed by atoms with Gasteiger partial charge in [0.15, 0.2) is 0 Å². The third-order valence-corrected chi connectivity index (χ3v) is 10.6. The van der Waals surface area contributed by atoms with Crippen LogP contribution < -0.4 is 0 Å². The van der Waals surface area contributed by atoms with E-state index in [9.17, 15) is 0 Å². The molecule has 2 rings (SSSR count). The van der Waals surface area contributed by atoms with Gasteiger partial charge in [0, 0.05) is 25.3 Å². The molecule has 0 saturated heterocycles. The molecule has 0 aromatic heterocycles. The predicted molar refractivity (Wildman–Crippen MR) is 87.2 cm³/mol. The van der Waals surface area contributed by atoms with Gasteiger partial charge in [-0.25, -0.2) is 0 Å². The second kappa shape index (κ2) is 6.49. The van der Waals surface area contributed by atoms with E-state index in [1.54, 1.807) is 0 Å². The minimum atomic E-state index is -2.06. The van der Waals surface area contributed by atoms with E-state index >= 15 is 0 Å². The lowest BCUT2D eigenvalue weighted by Crippen LogP contribution is -2.52. The second-order valence-electron chi connectivity index (χ2n) is 8.04. The Labute approximate surface area is 126 Å². The maximum Gasteiger partial charge on any atom is 0.344 e. The van der Waals surface area contributed by atoms with Crippen molar-refractivity contribution in [1.82, 2.24) is 0 Å². The van der Waals surface area contributed by atoms with E-state index in [1.807, 2.05) is 14.2 Å². The van der Waals surface area contributed by atoms with Crippen molar-refractivity contribution in [3.8, 4) is 0 Å². The molecule has 2 aliphatic carbocycles. The van der Waals surface area contributed by atoms with Gasteiger partial charge in [0.05, 0.1) is 0 Å². The molecule has 0 aliphatic heterocycles. The van der Waals surface area contributed by atoms with E-state index in [-0.39, 0.29) is 0 Å². The van der Waals surface area contributed by atoms with Gasteiger partial charge in [-0.3, -0.25) is 0 Å². The van der Waals surface area contributed by atoms with Crippen LogP contribution in [0.4, 0.5) is 0 Å². The van der Waals surface area contributed by atoms with Gasteiger partial charge in [-0.2, -0.15) is 0 Å². The number of rotatable bonds is 4. The zero-order valence-electron chi connectivity index (χ0n) is 14.2. The van der Waals surface area contributed by atoms with Gasteiger partial charge in [0.1, 0.15) is 0 Å². The molecule has 0 bridgehead atoms. The summed E-state index contributed by atoms with van der Waals surface area (Å²) in [4.78, 5) is 0. The first-order valence-corrected chi connectivity index (χ1v) is 10.5. The Morgan fingerprint density at radius 3 is 2.00 bits per heavy atom. The van der Waals surface area contributed by atoms with Crippen LogP contribution >= 0.6 is 0 Å². The fourth-order valence-corrected chi connectivity index (χ4v) is 9.54. The van der Waals surface area contributed by atoms with Gasteiger partial charge in [0.2, 0.25) is 0 Å². The summed E-state index contributed by atoms with van der Waals surface area (Å²) < 4.78 is 12.4. The predicted octanol–water partition coefficient (Wildman–Crippen LogP) is 5.27. The summed E-state index contributed by atoms with van der Waals surface area (Å²) in [7, 11) is 1.79. The van der Waals surface area contributed by atoms with Crippen LogP contribution in [0.15, 0.2) is 0 Å². The van der Waals surface area contributed by atoms with Gasteiger partial charge >= 0.3 is 8.56 Å². The summed E-state index contributed by atoms with van der Waals surface area (Å²) in [5.41, 5.74) is 1.88. The molecular formula is C17H34O2Si. The Morgan fingerprint density at radius 1 is 0.900 bits per heavy atom. The Bertz CT molecular complexity index is 304. The minimum absolute atomic E-state index is 0.472. The molecule has 0 aromatic carbocycles. The summed E-state index contributed by atoms with van der Waals surface area (Å²) >= 11 is 0. The topological polar surface area (TPSA) is 18.5 Å². The van der Waals surface area contributed by atoms with E-state index in [4.69, 9.17) is 8.85 Å². The van der Waals surface area contributed by atoms with Crippen molar-refractivity contribution in [1.29, 1.82) is 0 Å². The van der Waals surface area contributed by atoms with Crippen LogP contribution in [-0.4, -0.2) is 22.8 Å². The van der Waals surface area contributed by atoms with Crippen molar-refractivity contribution in [3.63, 3.8) is 0 Å². The molecule has 118 valence electrons. The van der Waals surface area contributed by atoms with Crippen LogP contribution in [0.5, 0.6) is 0 Å². The van der Waals surface area contributed by atoms with Crippen LogP contribution in [0.25, 0.3) is 0 Å². The summed E-state index contributed by atoms with van der Waals surface area (Å²) in [5, 5.41) is 0.